The number of aromatic nitrogens is 1. The Morgan fingerprint density at radius 3 is 2.41 bits per heavy atom. The number of rotatable bonds is 8. The highest BCUT2D eigenvalue weighted by Gasteiger charge is 2.26. The summed E-state index contributed by atoms with van der Waals surface area (Å²) in [5.74, 6) is -0.842. The number of ether oxygens (including phenoxy) is 1. The van der Waals surface area contributed by atoms with Crippen molar-refractivity contribution in [2.75, 3.05) is 11.9 Å². The predicted octanol–water partition coefficient (Wildman–Crippen LogP) is 4.76. The smallest absolute Gasteiger partial charge is 0.331 e. The highest BCUT2D eigenvalue weighted by atomic mass is 16.5. The summed E-state index contributed by atoms with van der Waals surface area (Å²) in [6, 6.07) is 8.69. The van der Waals surface area contributed by atoms with Gasteiger partial charge in [-0.2, -0.15) is 0 Å². The third kappa shape index (κ3) is 4.97. The summed E-state index contributed by atoms with van der Waals surface area (Å²) in [5.41, 5.74) is 6.38. The Morgan fingerprint density at radius 1 is 1.17 bits per heavy atom. The molecular weight excluding hydrogens is 364 g/mol. The minimum Gasteiger partial charge on any atom is -0.452 e. The standard InChI is InChI=1S/C24H30N2O3/c1-5-18-8-7-9-19(6-2)24(18)25-22(27)15-29-23(28)13-10-20-14-16(3)26(17(20)4)21-11-12-21/h7-10,13-14,21H,5-6,11-12,15H2,1-4H3,(H,25,27)/b13-10+. The molecule has 5 nitrogen and oxygen atoms in total. The summed E-state index contributed by atoms with van der Waals surface area (Å²) in [7, 11) is 0. The molecule has 3 rings (SSSR count). The number of nitrogens with zero attached hydrogens (tertiary/aromatic N) is 1. The second-order valence-electron chi connectivity index (χ2n) is 7.58. The number of para-hydroxylation sites is 1. The molecule has 5 heteroatoms. The van der Waals surface area contributed by atoms with Gasteiger partial charge in [-0.05, 0) is 68.4 Å². The molecule has 1 aromatic heterocycles. The Balaban J connectivity index is 1.57. The fourth-order valence-electron chi connectivity index (χ4n) is 3.79. The van der Waals surface area contributed by atoms with Gasteiger partial charge in [-0.25, -0.2) is 4.79 Å². The molecule has 0 spiro atoms. The van der Waals surface area contributed by atoms with Crippen molar-refractivity contribution in [1.82, 2.24) is 4.57 Å². The summed E-state index contributed by atoms with van der Waals surface area (Å²) in [6.07, 6.45) is 7.25. The van der Waals surface area contributed by atoms with Crippen LogP contribution in [-0.2, 0) is 27.2 Å². The Morgan fingerprint density at radius 2 is 1.83 bits per heavy atom. The molecule has 0 unspecified atom stereocenters. The number of nitrogens with one attached hydrogen (secondary N) is 1. The van der Waals surface area contributed by atoms with E-state index in [0.717, 1.165) is 40.9 Å². The van der Waals surface area contributed by atoms with E-state index in [4.69, 9.17) is 4.74 Å². The van der Waals surface area contributed by atoms with Crippen molar-refractivity contribution in [2.45, 2.75) is 59.4 Å². The Hall–Kier alpha value is -2.82. The van der Waals surface area contributed by atoms with Crippen LogP contribution in [0.4, 0.5) is 5.69 Å². The summed E-state index contributed by atoms with van der Waals surface area (Å²) >= 11 is 0. The van der Waals surface area contributed by atoms with E-state index in [1.54, 1.807) is 6.08 Å². The van der Waals surface area contributed by atoms with Gasteiger partial charge in [-0.15, -0.1) is 0 Å². The number of carbonyl (C=O) groups excluding carboxylic acids is 2. The van der Waals surface area contributed by atoms with E-state index in [1.165, 1.54) is 24.6 Å². The predicted molar refractivity (Wildman–Crippen MR) is 116 cm³/mol. The summed E-state index contributed by atoms with van der Waals surface area (Å²) in [5, 5.41) is 2.91. The molecule has 0 atom stereocenters. The van der Waals surface area contributed by atoms with Crippen LogP contribution in [0.2, 0.25) is 0 Å². The lowest BCUT2D eigenvalue weighted by atomic mass is 10.0. The van der Waals surface area contributed by atoms with Gasteiger partial charge >= 0.3 is 5.97 Å². The van der Waals surface area contributed by atoms with Gasteiger partial charge in [0.15, 0.2) is 6.61 Å². The number of anilines is 1. The molecule has 1 aromatic carbocycles. The Kier molecular flexibility index (Phi) is 6.57. The number of amides is 1. The molecule has 1 N–H and O–H groups in total. The van der Waals surface area contributed by atoms with Crippen LogP contribution in [0.25, 0.3) is 6.08 Å². The maximum atomic E-state index is 12.3. The molecule has 1 aliphatic rings. The first-order valence-corrected chi connectivity index (χ1v) is 10.4. The van der Waals surface area contributed by atoms with Crippen molar-refractivity contribution in [3.05, 3.63) is 58.4 Å². The van der Waals surface area contributed by atoms with Gasteiger partial charge in [0, 0.05) is 29.2 Å². The van der Waals surface area contributed by atoms with Crippen molar-refractivity contribution >= 4 is 23.6 Å². The van der Waals surface area contributed by atoms with Crippen molar-refractivity contribution in [1.29, 1.82) is 0 Å². The molecule has 1 amide bonds. The normalized spacial score (nSPS) is 13.7. The van der Waals surface area contributed by atoms with Crippen LogP contribution in [0.1, 0.15) is 60.8 Å². The van der Waals surface area contributed by atoms with Crippen molar-refractivity contribution in [3.8, 4) is 0 Å². The molecule has 2 aromatic rings. The molecule has 1 aliphatic carbocycles. The van der Waals surface area contributed by atoms with Gasteiger partial charge in [-0.3, -0.25) is 4.79 Å². The van der Waals surface area contributed by atoms with Gasteiger partial charge in [-0.1, -0.05) is 32.0 Å². The van der Waals surface area contributed by atoms with Crippen molar-refractivity contribution in [3.63, 3.8) is 0 Å². The fraction of sp³-hybridized carbons (Fsp3) is 0.417. The summed E-state index contributed by atoms with van der Waals surface area (Å²) in [4.78, 5) is 24.4. The number of carbonyl (C=O) groups is 2. The van der Waals surface area contributed by atoms with Crippen LogP contribution in [-0.4, -0.2) is 23.1 Å². The van der Waals surface area contributed by atoms with Crippen LogP contribution in [0.3, 0.4) is 0 Å². The maximum absolute atomic E-state index is 12.3. The van der Waals surface area contributed by atoms with E-state index in [9.17, 15) is 9.59 Å². The first-order chi connectivity index (χ1) is 13.9. The second-order valence-corrected chi connectivity index (χ2v) is 7.58. The van der Waals surface area contributed by atoms with E-state index in [-0.39, 0.29) is 12.5 Å². The highest BCUT2D eigenvalue weighted by molar-refractivity contribution is 5.95. The van der Waals surface area contributed by atoms with Gasteiger partial charge in [0.05, 0.1) is 0 Å². The zero-order valence-corrected chi connectivity index (χ0v) is 17.7. The number of esters is 1. The number of hydrogen-bond donors (Lipinski definition) is 1. The first-order valence-electron chi connectivity index (χ1n) is 10.4. The van der Waals surface area contributed by atoms with Crippen LogP contribution >= 0.6 is 0 Å². The molecule has 154 valence electrons. The van der Waals surface area contributed by atoms with Gasteiger partial charge < -0.3 is 14.6 Å². The second kappa shape index (κ2) is 9.12. The van der Waals surface area contributed by atoms with Crippen LogP contribution in [0.15, 0.2) is 30.3 Å². The fourth-order valence-corrected chi connectivity index (χ4v) is 3.79. The highest BCUT2D eigenvalue weighted by Crippen LogP contribution is 2.38. The van der Waals surface area contributed by atoms with Crippen LogP contribution in [0.5, 0.6) is 0 Å². The number of aryl methyl sites for hydroxylation is 3. The minimum atomic E-state index is -0.518. The SMILES string of the molecule is CCc1cccc(CC)c1NC(=O)COC(=O)/C=C/c1cc(C)n(C2CC2)c1C. The van der Waals surface area contributed by atoms with E-state index >= 15 is 0 Å². The largest absolute Gasteiger partial charge is 0.452 e. The molecule has 0 saturated heterocycles. The molecule has 0 aliphatic heterocycles. The van der Waals surface area contributed by atoms with E-state index in [0.29, 0.717) is 6.04 Å². The van der Waals surface area contributed by atoms with Gasteiger partial charge in [0.2, 0.25) is 0 Å². The lowest BCUT2D eigenvalue weighted by molar-refractivity contribution is -0.142. The van der Waals surface area contributed by atoms with E-state index in [1.807, 2.05) is 18.2 Å². The van der Waals surface area contributed by atoms with Gasteiger partial charge in [0.25, 0.3) is 5.91 Å². The first kappa shape index (κ1) is 20.9. The van der Waals surface area contributed by atoms with Gasteiger partial charge in [0.1, 0.15) is 0 Å². The monoisotopic (exact) mass is 394 g/mol. The molecule has 0 radical (unpaired) electrons. The molecule has 0 bridgehead atoms. The average Bonchev–Trinajstić information content (AvgIpc) is 3.50. The Bertz CT molecular complexity index is 914. The zero-order valence-electron chi connectivity index (χ0n) is 17.7. The maximum Gasteiger partial charge on any atom is 0.331 e. The molecule has 1 fully saturated rings. The zero-order chi connectivity index (χ0) is 21.0. The van der Waals surface area contributed by atoms with E-state index < -0.39 is 5.97 Å². The number of hydrogen-bond acceptors (Lipinski definition) is 3. The number of benzene rings is 1. The molecular formula is C24H30N2O3. The van der Waals surface area contributed by atoms with Crippen LogP contribution in [0, 0.1) is 13.8 Å². The lowest BCUT2D eigenvalue weighted by Crippen LogP contribution is -2.21. The molecule has 1 heterocycles. The van der Waals surface area contributed by atoms with Crippen molar-refractivity contribution < 1.29 is 14.3 Å². The topological polar surface area (TPSA) is 60.3 Å². The minimum absolute atomic E-state index is 0.300. The summed E-state index contributed by atoms with van der Waals surface area (Å²) in [6.45, 7) is 7.96. The Labute approximate surface area is 172 Å². The molecule has 29 heavy (non-hydrogen) atoms. The van der Waals surface area contributed by atoms with Crippen molar-refractivity contribution in [2.24, 2.45) is 0 Å². The van der Waals surface area contributed by atoms with E-state index in [2.05, 4.69) is 43.6 Å². The third-order valence-electron chi connectivity index (χ3n) is 5.44. The molecule has 1 saturated carbocycles. The quantitative estimate of drug-likeness (QED) is 0.519. The third-order valence-corrected chi connectivity index (χ3v) is 5.44. The average molecular weight is 395 g/mol. The summed E-state index contributed by atoms with van der Waals surface area (Å²) < 4.78 is 7.47. The lowest BCUT2D eigenvalue weighted by Gasteiger charge is -2.14. The van der Waals surface area contributed by atoms with Crippen LogP contribution < -0.4 is 5.32 Å².